The molecule has 1 fully saturated rings. The second-order valence-electron chi connectivity index (χ2n) is 9.45. The molecule has 0 radical (unpaired) electrons. The Morgan fingerprint density at radius 1 is 1.09 bits per heavy atom. The van der Waals surface area contributed by atoms with Gasteiger partial charge >= 0.3 is 0 Å². The molecule has 5 heteroatoms. The number of nitriles is 1. The van der Waals surface area contributed by atoms with E-state index in [-0.39, 0.29) is 11.3 Å². The second-order valence-corrected chi connectivity index (χ2v) is 9.45. The number of nitrogens with zero attached hydrogens (tertiary/aromatic N) is 2. The summed E-state index contributed by atoms with van der Waals surface area (Å²) in [6, 6.07) is 16.4. The fourth-order valence-corrected chi connectivity index (χ4v) is 5.45. The molecule has 5 rings (SSSR count). The van der Waals surface area contributed by atoms with Gasteiger partial charge in [-0.3, -0.25) is 9.69 Å². The van der Waals surface area contributed by atoms with E-state index in [4.69, 9.17) is 5.26 Å². The molecule has 1 aromatic heterocycles. The number of hydrogen-bond acceptors (Lipinski definition) is 3. The Kier molecular flexibility index (Phi) is 5.71. The van der Waals surface area contributed by atoms with Crippen molar-refractivity contribution in [1.82, 2.24) is 9.88 Å². The Labute approximate surface area is 189 Å². The summed E-state index contributed by atoms with van der Waals surface area (Å²) < 4.78 is 0. The summed E-state index contributed by atoms with van der Waals surface area (Å²) >= 11 is 0. The number of fused-ring (bicyclic) bond motifs is 2. The number of aromatic nitrogens is 1. The molecule has 2 N–H and O–H groups in total. The highest BCUT2D eigenvalue weighted by atomic mass is 16.2. The maximum absolute atomic E-state index is 13.5. The molecular weight excluding hydrogens is 396 g/mol. The fraction of sp³-hybridized carbons (Fsp3) is 0.407. The summed E-state index contributed by atoms with van der Waals surface area (Å²) in [7, 11) is 0. The summed E-state index contributed by atoms with van der Waals surface area (Å²) in [6.45, 7) is 2.83. The number of nitrogens with one attached hydrogen (secondary N) is 2. The van der Waals surface area contributed by atoms with Crippen LogP contribution in [-0.2, 0) is 17.8 Å². The van der Waals surface area contributed by atoms with Gasteiger partial charge in [0.1, 0.15) is 0 Å². The van der Waals surface area contributed by atoms with E-state index in [0.717, 1.165) is 80.3 Å². The predicted molar refractivity (Wildman–Crippen MR) is 127 cm³/mol. The number of rotatable bonds is 5. The molecule has 0 atom stereocenters. The maximum atomic E-state index is 13.5. The number of hydrogen-bond donors (Lipinski definition) is 2. The van der Waals surface area contributed by atoms with Gasteiger partial charge in [-0.1, -0.05) is 31.4 Å². The zero-order valence-corrected chi connectivity index (χ0v) is 18.5. The highest BCUT2D eigenvalue weighted by Crippen LogP contribution is 2.41. The van der Waals surface area contributed by atoms with Crippen LogP contribution in [0.5, 0.6) is 0 Å². The monoisotopic (exact) mass is 426 g/mol. The van der Waals surface area contributed by atoms with Crippen LogP contribution < -0.4 is 5.32 Å². The Balaban J connectivity index is 1.27. The predicted octanol–water partition coefficient (Wildman–Crippen LogP) is 5.38. The lowest BCUT2D eigenvalue weighted by Crippen LogP contribution is -2.42. The summed E-state index contributed by atoms with van der Waals surface area (Å²) in [4.78, 5) is 19.2. The van der Waals surface area contributed by atoms with E-state index in [1.54, 1.807) is 0 Å². The third-order valence-electron chi connectivity index (χ3n) is 7.44. The van der Waals surface area contributed by atoms with Gasteiger partial charge in [-0.15, -0.1) is 0 Å². The van der Waals surface area contributed by atoms with Crippen molar-refractivity contribution < 1.29 is 4.79 Å². The SMILES string of the molecule is N#Cc1ccc2c(c1)CCN(CCC1(C(=O)Nc3ccc4cc[nH]c4c3)CCCCC1)C2. The number of amides is 1. The Hall–Kier alpha value is -3.10. The number of H-pyrrole nitrogens is 1. The lowest BCUT2D eigenvalue weighted by molar-refractivity contribution is -0.128. The molecule has 3 aromatic rings. The molecule has 2 aromatic carbocycles. The quantitative estimate of drug-likeness (QED) is 0.576. The first kappa shape index (κ1) is 20.8. The molecule has 0 bridgehead atoms. The summed E-state index contributed by atoms with van der Waals surface area (Å²) in [5, 5.41) is 13.5. The van der Waals surface area contributed by atoms with E-state index >= 15 is 0 Å². The van der Waals surface area contributed by atoms with Crippen LogP contribution in [0, 0.1) is 16.7 Å². The normalized spacial score (nSPS) is 18.1. The van der Waals surface area contributed by atoms with Crippen molar-refractivity contribution in [3.05, 3.63) is 65.4 Å². The van der Waals surface area contributed by atoms with Crippen LogP contribution in [0.1, 0.15) is 55.2 Å². The van der Waals surface area contributed by atoms with Gasteiger partial charge in [-0.05, 0) is 79.1 Å². The van der Waals surface area contributed by atoms with Gasteiger partial charge in [-0.25, -0.2) is 0 Å². The molecular formula is C27H30N4O. The van der Waals surface area contributed by atoms with Crippen LogP contribution in [0.15, 0.2) is 48.7 Å². The molecule has 1 amide bonds. The van der Waals surface area contributed by atoms with Crippen LogP contribution in [0.4, 0.5) is 5.69 Å². The highest BCUT2D eigenvalue weighted by molar-refractivity contribution is 5.97. The van der Waals surface area contributed by atoms with Gasteiger partial charge in [0.2, 0.25) is 5.91 Å². The molecule has 0 saturated heterocycles. The lowest BCUT2D eigenvalue weighted by atomic mass is 9.71. The molecule has 1 aliphatic heterocycles. The molecule has 0 spiro atoms. The van der Waals surface area contributed by atoms with Gasteiger partial charge in [0.05, 0.1) is 17.0 Å². The molecule has 2 aliphatic rings. The van der Waals surface area contributed by atoms with Crippen LogP contribution in [0.2, 0.25) is 0 Å². The second kappa shape index (κ2) is 8.80. The molecule has 1 aliphatic carbocycles. The summed E-state index contributed by atoms with van der Waals surface area (Å²) in [5.41, 5.74) is 4.99. The molecule has 32 heavy (non-hydrogen) atoms. The Morgan fingerprint density at radius 3 is 2.81 bits per heavy atom. The Bertz CT molecular complexity index is 1170. The minimum Gasteiger partial charge on any atom is -0.361 e. The van der Waals surface area contributed by atoms with Crippen molar-refractivity contribution in [3.8, 4) is 6.07 Å². The van der Waals surface area contributed by atoms with E-state index in [1.165, 1.54) is 17.5 Å². The van der Waals surface area contributed by atoms with Crippen molar-refractivity contribution in [2.75, 3.05) is 18.4 Å². The molecule has 164 valence electrons. The van der Waals surface area contributed by atoms with Gasteiger partial charge in [0.15, 0.2) is 0 Å². The molecule has 2 heterocycles. The van der Waals surface area contributed by atoms with Crippen LogP contribution >= 0.6 is 0 Å². The first-order valence-electron chi connectivity index (χ1n) is 11.8. The third-order valence-corrected chi connectivity index (χ3v) is 7.44. The zero-order chi connectivity index (χ0) is 22.0. The fourth-order valence-electron chi connectivity index (χ4n) is 5.45. The summed E-state index contributed by atoms with van der Waals surface area (Å²) in [6.07, 6.45) is 9.22. The van der Waals surface area contributed by atoms with Crippen molar-refractivity contribution in [2.24, 2.45) is 5.41 Å². The van der Waals surface area contributed by atoms with Gasteiger partial charge in [0.25, 0.3) is 0 Å². The third kappa shape index (κ3) is 4.16. The van der Waals surface area contributed by atoms with Gasteiger partial charge < -0.3 is 10.3 Å². The van der Waals surface area contributed by atoms with Crippen molar-refractivity contribution in [1.29, 1.82) is 5.26 Å². The van der Waals surface area contributed by atoms with Crippen LogP contribution in [-0.4, -0.2) is 28.9 Å². The number of carbonyl (C=O) groups excluding carboxylic acids is 1. The zero-order valence-electron chi connectivity index (χ0n) is 18.5. The minimum atomic E-state index is -0.284. The summed E-state index contributed by atoms with van der Waals surface area (Å²) in [5.74, 6) is 0.180. The van der Waals surface area contributed by atoms with E-state index in [2.05, 4.69) is 33.4 Å². The number of benzene rings is 2. The number of carbonyl (C=O) groups is 1. The highest BCUT2D eigenvalue weighted by Gasteiger charge is 2.39. The van der Waals surface area contributed by atoms with Crippen LogP contribution in [0.3, 0.4) is 0 Å². The van der Waals surface area contributed by atoms with Crippen molar-refractivity contribution in [3.63, 3.8) is 0 Å². The molecule has 0 unspecified atom stereocenters. The first-order chi connectivity index (χ1) is 15.6. The standard InChI is InChI=1S/C27H30N4O/c28-18-20-4-5-23-19-31(14-9-22(23)16-20)15-12-27(10-2-1-3-11-27)26(32)30-24-7-6-21-8-13-29-25(21)17-24/h4-8,13,16-17,29H,1-3,9-12,14-15,19H2,(H,30,32). The number of aromatic amines is 1. The largest absolute Gasteiger partial charge is 0.361 e. The van der Waals surface area contributed by atoms with Gasteiger partial charge in [-0.2, -0.15) is 5.26 Å². The average molecular weight is 427 g/mol. The van der Waals surface area contributed by atoms with Crippen LogP contribution in [0.25, 0.3) is 10.9 Å². The smallest absolute Gasteiger partial charge is 0.230 e. The molecule has 1 saturated carbocycles. The van der Waals surface area contributed by atoms with Crippen molar-refractivity contribution >= 4 is 22.5 Å². The maximum Gasteiger partial charge on any atom is 0.230 e. The van der Waals surface area contributed by atoms with E-state index in [9.17, 15) is 4.79 Å². The van der Waals surface area contributed by atoms with Crippen molar-refractivity contribution in [2.45, 2.75) is 51.5 Å². The molecule has 5 nitrogen and oxygen atoms in total. The van der Waals surface area contributed by atoms with Gasteiger partial charge in [0, 0.05) is 30.5 Å². The minimum absolute atomic E-state index is 0.180. The average Bonchev–Trinajstić information content (AvgIpc) is 3.31. The van der Waals surface area contributed by atoms with E-state index in [0.29, 0.717) is 0 Å². The number of anilines is 1. The van der Waals surface area contributed by atoms with E-state index in [1.807, 2.05) is 36.5 Å². The van der Waals surface area contributed by atoms with E-state index < -0.39 is 0 Å². The topological polar surface area (TPSA) is 71.9 Å². The lowest BCUT2D eigenvalue weighted by Gasteiger charge is -2.38. The Morgan fingerprint density at radius 2 is 1.97 bits per heavy atom. The first-order valence-corrected chi connectivity index (χ1v) is 11.8.